The molecule has 23 heavy (non-hydrogen) atoms. The Morgan fingerprint density at radius 2 is 2.13 bits per heavy atom. The fourth-order valence-electron chi connectivity index (χ4n) is 3.02. The molecule has 0 aliphatic carbocycles. The monoisotopic (exact) mass is 317 g/mol. The van der Waals surface area contributed by atoms with Gasteiger partial charge in [0, 0.05) is 13.1 Å². The second kappa shape index (κ2) is 6.32. The molecule has 6 nitrogen and oxygen atoms in total. The van der Waals surface area contributed by atoms with Gasteiger partial charge in [0.25, 0.3) is 0 Å². The first-order chi connectivity index (χ1) is 11.1. The first kappa shape index (κ1) is 15.4. The van der Waals surface area contributed by atoms with Gasteiger partial charge in [0.2, 0.25) is 5.78 Å². The van der Waals surface area contributed by atoms with Gasteiger partial charge in [0.15, 0.2) is 6.61 Å². The third kappa shape index (κ3) is 3.02. The van der Waals surface area contributed by atoms with Crippen molar-refractivity contribution in [3.05, 3.63) is 29.3 Å². The minimum Gasteiger partial charge on any atom is -0.496 e. The molecule has 1 amide bonds. The number of amides is 1. The molecule has 122 valence electrons. The van der Waals surface area contributed by atoms with Crippen LogP contribution in [0.1, 0.15) is 28.8 Å². The molecule has 2 aliphatic heterocycles. The number of piperidine rings is 1. The van der Waals surface area contributed by atoms with Crippen molar-refractivity contribution < 1.29 is 24.2 Å². The van der Waals surface area contributed by atoms with E-state index in [1.54, 1.807) is 19.2 Å². The molecule has 2 heterocycles. The molecule has 0 aromatic heterocycles. The molecule has 0 radical (unpaired) electrons. The lowest BCUT2D eigenvalue weighted by Gasteiger charge is -2.28. The van der Waals surface area contributed by atoms with E-state index in [0.717, 1.165) is 18.4 Å². The van der Waals surface area contributed by atoms with Crippen LogP contribution in [-0.4, -0.2) is 48.7 Å². The van der Waals surface area contributed by atoms with E-state index < -0.39 is 6.09 Å². The Kier molecular flexibility index (Phi) is 4.23. The number of hydrogen-bond acceptors (Lipinski definition) is 4. The van der Waals surface area contributed by atoms with Crippen molar-refractivity contribution in [1.29, 1.82) is 0 Å². The standard InChI is InChI=1S/C17H19NO5/c1-22-15-5-4-12-14(19)10-23-16(12)13(15)3-2-11-6-8-18(9-7-11)17(20)21/h2-5,11H,6-10H2,1H3,(H,20,21)/b3-2+. The summed E-state index contributed by atoms with van der Waals surface area (Å²) in [6, 6.07) is 3.50. The zero-order valence-corrected chi connectivity index (χ0v) is 12.9. The van der Waals surface area contributed by atoms with Crippen LogP contribution < -0.4 is 9.47 Å². The van der Waals surface area contributed by atoms with E-state index in [1.165, 1.54) is 4.90 Å². The van der Waals surface area contributed by atoms with Crippen LogP contribution in [0, 0.1) is 5.92 Å². The summed E-state index contributed by atoms with van der Waals surface area (Å²) in [5.41, 5.74) is 1.36. The zero-order chi connectivity index (χ0) is 16.4. The lowest BCUT2D eigenvalue weighted by Crippen LogP contribution is -2.36. The van der Waals surface area contributed by atoms with Crippen LogP contribution in [0.5, 0.6) is 11.5 Å². The van der Waals surface area contributed by atoms with E-state index in [2.05, 4.69) is 6.08 Å². The maximum absolute atomic E-state index is 11.8. The van der Waals surface area contributed by atoms with Gasteiger partial charge in [-0.05, 0) is 30.9 Å². The highest BCUT2D eigenvalue weighted by atomic mass is 16.5. The third-order valence-electron chi connectivity index (χ3n) is 4.37. The molecular formula is C17H19NO5. The van der Waals surface area contributed by atoms with Gasteiger partial charge in [-0.15, -0.1) is 0 Å². The predicted octanol–water partition coefficient (Wildman–Crippen LogP) is 2.67. The summed E-state index contributed by atoms with van der Waals surface area (Å²) in [7, 11) is 1.58. The first-order valence-electron chi connectivity index (χ1n) is 7.63. The smallest absolute Gasteiger partial charge is 0.407 e. The molecule has 0 unspecified atom stereocenters. The number of ether oxygens (including phenoxy) is 2. The number of ketones is 1. The average molecular weight is 317 g/mol. The SMILES string of the molecule is COc1ccc2c(c1/C=C/C1CCN(C(=O)O)CC1)OCC2=O. The number of rotatable bonds is 3. The van der Waals surface area contributed by atoms with E-state index in [9.17, 15) is 9.59 Å². The molecule has 1 saturated heterocycles. The number of carbonyl (C=O) groups excluding carboxylic acids is 1. The van der Waals surface area contributed by atoms with E-state index >= 15 is 0 Å². The molecule has 3 rings (SSSR count). The van der Waals surface area contributed by atoms with Gasteiger partial charge in [-0.1, -0.05) is 12.2 Å². The van der Waals surface area contributed by atoms with E-state index in [4.69, 9.17) is 14.6 Å². The summed E-state index contributed by atoms with van der Waals surface area (Å²) in [4.78, 5) is 24.1. The number of allylic oxidation sites excluding steroid dienone is 1. The molecule has 1 N–H and O–H groups in total. The van der Waals surface area contributed by atoms with Gasteiger partial charge < -0.3 is 19.5 Å². The molecule has 2 aliphatic rings. The highest BCUT2D eigenvalue weighted by Gasteiger charge is 2.26. The number of carboxylic acid groups (broad SMARTS) is 1. The van der Waals surface area contributed by atoms with E-state index in [0.29, 0.717) is 36.1 Å². The normalized spacial score (nSPS) is 18.1. The molecule has 6 heteroatoms. The van der Waals surface area contributed by atoms with Gasteiger partial charge in [-0.3, -0.25) is 4.79 Å². The number of fused-ring (bicyclic) bond motifs is 1. The molecule has 1 aromatic rings. The van der Waals surface area contributed by atoms with Gasteiger partial charge in [-0.2, -0.15) is 0 Å². The van der Waals surface area contributed by atoms with Crippen molar-refractivity contribution >= 4 is 18.0 Å². The van der Waals surface area contributed by atoms with Crippen molar-refractivity contribution in [2.24, 2.45) is 5.92 Å². The number of hydrogen-bond donors (Lipinski definition) is 1. The Labute approximate surface area is 134 Å². The van der Waals surface area contributed by atoms with Crippen LogP contribution in [0.2, 0.25) is 0 Å². The molecule has 0 atom stereocenters. The summed E-state index contributed by atoms with van der Waals surface area (Å²) in [5, 5.41) is 8.97. The minimum absolute atomic E-state index is 0.0212. The summed E-state index contributed by atoms with van der Waals surface area (Å²) in [6.45, 7) is 1.16. The highest BCUT2D eigenvalue weighted by Crippen LogP contribution is 2.37. The van der Waals surface area contributed by atoms with Crippen molar-refractivity contribution in [3.63, 3.8) is 0 Å². The number of methoxy groups -OCH3 is 1. The Bertz CT molecular complexity index is 659. The van der Waals surface area contributed by atoms with Crippen LogP contribution in [0.25, 0.3) is 6.08 Å². The summed E-state index contributed by atoms with van der Waals surface area (Å²) >= 11 is 0. The Balaban J connectivity index is 1.78. The molecular weight excluding hydrogens is 298 g/mol. The number of benzene rings is 1. The quantitative estimate of drug-likeness (QED) is 0.927. The molecule has 0 spiro atoms. The maximum atomic E-state index is 11.8. The fraction of sp³-hybridized carbons (Fsp3) is 0.412. The summed E-state index contributed by atoms with van der Waals surface area (Å²) in [5.74, 6) is 1.53. The van der Waals surface area contributed by atoms with Crippen molar-refractivity contribution in [2.75, 3.05) is 26.8 Å². The lowest BCUT2D eigenvalue weighted by molar-refractivity contribution is 0.0961. The highest BCUT2D eigenvalue weighted by molar-refractivity contribution is 6.03. The van der Waals surface area contributed by atoms with Gasteiger partial charge in [0.1, 0.15) is 11.5 Å². The van der Waals surface area contributed by atoms with E-state index in [-0.39, 0.29) is 12.4 Å². The first-order valence-corrected chi connectivity index (χ1v) is 7.63. The van der Waals surface area contributed by atoms with Crippen LogP contribution in [0.15, 0.2) is 18.2 Å². The largest absolute Gasteiger partial charge is 0.496 e. The Morgan fingerprint density at radius 3 is 2.78 bits per heavy atom. The molecule has 0 saturated carbocycles. The molecule has 1 fully saturated rings. The number of likely N-dealkylation sites (tertiary alicyclic amines) is 1. The predicted molar refractivity (Wildman–Crippen MR) is 84.2 cm³/mol. The van der Waals surface area contributed by atoms with Gasteiger partial charge in [-0.25, -0.2) is 4.79 Å². The number of nitrogens with zero attached hydrogens (tertiary/aromatic N) is 1. The fourth-order valence-corrected chi connectivity index (χ4v) is 3.02. The van der Waals surface area contributed by atoms with Crippen LogP contribution >= 0.6 is 0 Å². The van der Waals surface area contributed by atoms with Gasteiger partial charge in [0.05, 0.1) is 18.2 Å². The van der Waals surface area contributed by atoms with Gasteiger partial charge >= 0.3 is 6.09 Å². The van der Waals surface area contributed by atoms with Crippen molar-refractivity contribution in [2.45, 2.75) is 12.8 Å². The summed E-state index contributed by atoms with van der Waals surface area (Å²) in [6.07, 6.45) is 4.71. The Hall–Kier alpha value is -2.50. The van der Waals surface area contributed by atoms with Crippen LogP contribution in [-0.2, 0) is 0 Å². The second-order valence-electron chi connectivity index (χ2n) is 5.74. The topological polar surface area (TPSA) is 76.1 Å². The zero-order valence-electron chi connectivity index (χ0n) is 12.9. The minimum atomic E-state index is -0.859. The Morgan fingerprint density at radius 1 is 1.39 bits per heavy atom. The van der Waals surface area contributed by atoms with Crippen LogP contribution in [0.3, 0.4) is 0 Å². The van der Waals surface area contributed by atoms with Crippen molar-refractivity contribution in [3.8, 4) is 11.5 Å². The average Bonchev–Trinajstić information content (AvgIpc) is 2.94. The lowest BCUT2D eigenvalue weighted by atomic mass is 9.95. The van der Waals surface area contributed by atoms with Crippen LogP contribution in [0.4, 0.5) is 4.79 Å². The molecule has 1 aromatic carbocycles. The number of Topliss-reactive ketones (excluding diaryl/α,β-unsaturated/α-hetero) is 1. The van der Waals surface area contributed by atoms with E-state index in [1.807, 2.05) is 6.08 Å². The third-order valence-corrected chi connectivity index (χ3v) is 4.37. The number of carbonyl (C=O) groups is 2. The maximum Gasteiger partial charge on any atom is 0.407 e. The summed E-state index contributed by atoms with van der Waals surface area (Å²) < 4.78 is 10.9. The van der Waals surface area contributed by atoms with Crippen molar-refractivity contribution in [1.82, 2.24) is 4.90 Å². The second-order valence-corrected chi connectivity index (χ2v) is 5.74. The molecule has 0 bridgehead atoms.